The Labute approximate surface area is 167 Å². The molecule has 0 aliphatic heterocycles. The standard InChI is InChI=1S/C20H19N3O3S2/c24-19(13-14-4-5-15-2-1-3-16(15)12-14)22-17-6-8-18(9-7-17)28(25,26)23-20-21-10-11-27-20/h4-12H,1-3,13H2,(H,21,23)(H,22,24). The monoisotopic (exact) mass is 413 g/mol. The van der Waals surface area contributed by atoms with Crippen LogP contribution in [0.4, 0.5) is 10.8 Å². The van der Waals surface area contributed by atoms with Crippen LogP contribution < -0.4 is 10.0 Å². The minimum absolute atomic E-state index is 0.110. The van der Waals surface area contributed by atoms with Crippen molar-refractivity contribution in [1.29, 1.82) is 0 Å². The predicted molar refractivity (Wildman–Crippen MR) is 110 cm³/mol. The second-order valence-electron chi connectivity index (χ2n) is 6.65. The summed E-state index contributed by atoms with van der Waals surface area (Å²) in [4.78, 5) is 16.4. The minimum Gasteiger partial charge on any atom is -0.326 e. The van der Waals surface area contributed by atoms with Crippen molar-refractivity contribution in [3.63, 3.8) is 0 Å². The van der Waals surface area contributed by atoms with Crippen LogP contribution in [0.2, 0.25) is 0 Å². The third-order valence-corrected chi connectivity index (χ3v) is 6.80. The number of sulfonamides is 1. The highest BCUT2D eigenvalue weighted by Gasteiger charge is 2.16. The summed E-state index contributed by atoms with van der Waals surface area (Å²) >= 11 is 1.21. The molecule has 1 amide bonds. The SMILES string of the molecule is O=C(Cc1ccc2c(c1)CCC2)Nc1ccc(S(=O)(=O)Nc2nccs2)cc1. The molecule has 0 unspecified atom stereocenters. The molecule has 0 saturated carbocycles. The minimum atomic E-state index is -3.70. The Morgan fingerprint density at radius 2 is 1.86 bits per heavy atom. The molecule has 1 aliphatic carbocycles. The van der Waals surface area contributed by atoms with Crippen molar-refractivity contribution in [2.24, 2.45) is 0 Å². The quantitative estimate of drug-likeness (QED) is 0.646. The molecule has 28 heavy (non-hydrogen) atoms. The molecular weight excluding hydrogens is 394 g/mol. The molecule has 0 spiro atoms. The van der Waals surface area contributed by atoms with E-state index in [-0.39, 0.29) is 10.8 Å². The molecule has 1 aliphatic rings. The zero-order chi connectivity index (χ0) is 19.6. The molecule has 0 radical (unpaired) electrons. The lowest BCUT2D eigenvalue weighted by atomic mass is 10.0. The number of aromatic nitrogens is 1. The summed E-state index contributed by atoms with van der Waals surface area (Å²) in [7, 11) is -3.70. The van der Waals surface area contributed by atoms with E-state index in [0.29, 0.717) is 17.2 Å². The van der Waals surface area contributed by atoms with Crippen molar-refractivity contribution in [3.05, 3.63) is 70.7 Å². The summed E-state index contributed by atoms with van der Waals surface area (Å²) in [6, 6.07) is 12.3. The molecule has 2 N–H and O–H groups in total. The van der Waals surface area contributed by atoms with Crippen molar-refractivity contribution in [2.75, 3.05) is 10.0 Å². The predicted octanol–water partition coefficient (Wildman–Crippen LogP) is 3.61. The first kappa shape index (κ1) is 18.6. The molecule has 0 atom stereocenters. The van der Waals surface area contributed by atoms with Gasteiger partial charge in [-0.05, 0) is 60.2 Å². The average Bonchev–Trinajstić information content (AvgIpc) is 3.33. The normalized spacial score (nSPS) is 13.1. The van der Waals surface area contributed by atoms with Gasteiger partial charge in [0.2, 0.25) is 5.91 Å². The van der Waals surface area contributed by atoms with Crippen LogP contribution in [0.1, 0.15) is 23.1 Å². The van der Waals surface area contributed by atoms with Gasteiger partial charge in [0.25, 0.3) is 10.0 Å². The van der Waals surface area contributed by atoms with E-state index in [1.807, 2.05) is 6.07 Å². The number of rotatable bonds is 6. The number of carbonyl (C=O) groups excluding carboxylic acids is 1. The maximum Gasteiger partial charge on any atom is 0.263 e. The second kappa shape index (κ2) is 7.73. The Morgan fingerprint density at radius 3 is 2.61 bits per heavy atom. The maximum atomic E-state index is 12.3. The highest BCUT2D eigenvalue weighted by molar-refractivity contribution is 7.93. The van der Waals surface area contributed by atoms with Crippen LogP contribution in [0, 0.1) is 0 Å². The smallest absolute Gasteiger partial charge is 0.263 e. The van der Waals surface area contributed by atoms with Crippen molar-refractivity contribution in [1.82, 2.24) is 4.98 Å². The van der Waals surface area contributed by atoms with Crippen LogP contribution in [-0.4, -0.2) is 19.3 Å². The lowest BCUT2D eigenvalue weighted by Crippen LogP contribution is -2.15. The number of carbonyl (C=O) groups is 1. The lowest BCUT2D eigenvalue weighted by Gasteiger charge is -2.09. The lowest BCUT2D eigenvalue weighted by molar-refractivity contribution is -0.115. The molecule has 3 aromatic rings. The van der Waals surface area contributed by atoms with E-state index < -0.39 is 10.0 Å². The van der Waals surface area contributed by atoms with Crippen LogP contribution in [0.15, 0.2) is 58.9 Å². The number of hydrogen-bond acceptors (Lipinski definition) is 5. The van der Waals surface area contributed by atoms with E-state index in [4.69, 9.17) is 0 Å². The number of nitrogens with zero attached hydrogens (tertiary/aromatic N) is 1. The van der Waals surface area contributed by atoms with Crippen LogP contribution in [-0.2, 0) is 34.1 Å². The van der Waals surface area contributed by atoms with E-state index in [1.54, 1.807) is 17.5 Å². The molecular formula is C20H19N3O3S2. The summed E-state index contributed by atoms with van der Waals surface area (Å²) in [6.45, 7) is 0. The van der Waals surface area contributed by atoms with Crippen LogP contribution in [0.25, 0.3) is 0 Å². The van der Waals surface area contributed by atoms with E-state index in [9.17, 15) is 13.2 Å². The summed E-state index contributed by atoms with van der Waals surface area (Å²) in [5, 5.41) is 4.82. The number of aryl methyl sites for hydroxylation is 2. The summed E-state index contributed by atoms with van der Waals surface area (Å²) in [6.07, 6.45) is 5.20. The van der Waals surface area contributed by atoms with Gasteiger partial charge in [-0.25, -0.2) is 13.4 Å². The number of thiazole rings is 1. The fourth-order valence-corrected chi connectivity index (χ4v) is 5.08. The molecule has 4 rings (SSSR count). The largest absolute Gasteiger partial charge is 0.326 e. The Kier molecular flexibility index (Phi) is 5.15. The van der Waals surface area contributed by atoms with E-state index >= 15 is 0 Å². The maximum absolute atomic E-state index is 12.3. The third kappa shape index (κ3) is 4.23. The molecule has 8 heteroatoms. The van der Waals surface area contributed by atoms with Crippen LogP contribution in [0.3, 0.4) is 0 Å². The molecule has 144 valence electrons. The van der Waals surface area contributed by atoms with Gasteiger partial charge in [0.15, 0.2) is 5.13 Å². The first-order chi connectivity index (χ1) is 13.5. The number of hydrogen-bond donors (Lipinski definition) is 2. The van der Waals surface area contributed by atoms with Gasteiger partial charge in [0, 0.05) is 17.3 Å². The van der Waals surface area contributed by atoms with Gasteiger partial charge in [-0.3, -0.25) is 9.52 Å². The molecule has 1 heterocycles. The first-order valence-corrected chi connectivity index (χ1v) is 11.3. The van der Waals surface area contributed by atoms with Gasteiger partial charge in [-0.2, -0.15) is 0 Å². The van der Waals surface area contributed by atoms with Gasteiger partial charge < -0.3 is 5.32 Å². The Bertz CT molecular complexity index is 1090. The topological polar surface area (TPSA) is 88.2 Å². The Morgan fingerprint density at radius 1 is 1.07 bits per heavy atom. The zero-order valence-electron chi connectivity index (χ0n) is 15.0. The van der Waals surface area contributed by atoms with Gasteiger partial charge in [-0.15, -0.1) is 11.3 Å². The van der Waals surface area contributed by atoms with Crippen LogP contribution in [0.5, 0.6) is 0 Å². The number of amides is 1. The van der Waals surface area contributed by atoms with E-state index in [2.05, 4.69) is 27.2 Å². The third-order valence-electron chi connectivity index (χ3n) is 4.63. The van der Waals surface area contributed by atoms with Crippen molar-refractivity contribution >= 4 is 38.1 Å². The summed E-state index contributed by atoms with van der Waals surface area (Å²) in [5.41, 5.74) is 4.27. The summed E-state index contributed by atoms with van der Waals surface area (Å²) < 4.78 is 27.1. The first-order valence-electron chi connectivity index (χ1n) is 8.92. The molecule has 6 nitrogen and oxygen atoms in total. The number of fused-ring (bicyclic) bond motifs is 1. The van der Waals surface area contributed by atoms with Gasteiger partial charge in [0.05, 0.1) is 11.3 Å². The molecule has 0 saturated heterocycles. The van der Waals surface area contributed by atoms with Crippen LogP contribution >= 0.6 is 11.3 Å². The number of benzene rings is 2. The van der Waals surface area contributed by atoms with Gasteiger partial charge in [-0.1, -0.05) is 18.2 Å². The number of anilines is 2. The van der Waals surface area contributed by atoms with E-state index in [0.717, 1.165) is 18.4 Å². The molecule has 0 bridgehead atoms. The molecule has 0 fully saturated rings. The molecule has 2 aromatic carbocycles. The average molecular weight is 414 g/mol. The zero-order valence-corrected chi connectivity index (χ0v) is 16.6. The number of nitrogens with one attached hydrogen (secondary N) is 2. The Balaban J connectivity index is 1.39. The fraction of sp³-hybridized carbons (Fsp3) is 0.200. The molecule has 1 aromatic heterocycles. The fourth-order valence-electron chi connectivity index (χ4n) is 3.29. The van der Waals surface area contributed by atoms with Gasteiger partial charge >= 0.3 is 0 Å². The summed E-state index contributed by atoms with van der Waals surface area (Å²) in [5.74, 6) is -0.130. The highest BCUT2D eigenvalue weighted by Crippen LogP contribution is 2.23. The van der Waals surface area contributed by atoms with Crippen molar-refractivity contribution in [3.8, 4) is 0 Å². The van der Waals surface area contributed by atoms with Gasteiger partial charge in [0.1, 0.15) is 0 Å². The van der Waals surface area contributed by atoms with E-state index in [1.165, 1.54) is 47.2 Å². The van der Waals surface area contributed by atoms with Crippen molar-refractivity contribution in [2.45, 2.75) is 30.6 Å². The second-order valence-corrected chi connectivity index (χ2v) is 9.23. The van der Waals surface area contributed by atoms with Crippen molar-refractivity contribution < 1.29 is 13.2 Å². The highest BCUT2D eigenvalue weighted by atomic mass is 32.2. The Hall–Kier alpha value is -2.71.